The summed E-state index contributed by atoms with van der Waals surface area (Å²) in [5.74, 6) is -0.966. The van der Waals surface area contributed by atoms with Crippen molar-refractivity contribution >= 4 is 5.97 Å². The van der Waals surface area contributed by atoms with Crippen molar-refractivity contribution in [1.82, 2.24) is 9.78 Å². The van der Waals surface area contributed by atoms with E-state index in [2.05, 4.69) is 5.10 Å². The molecule has 4 nitrogen and oxygen atoms in total. The van der Waals surface area contributed by atoms with Crippen LogP contribution in [0.25, 0.3) is 22.4 Å². The van der Waals surface area contributed by atoms with Crippen molar-refractivity contribution in [3.8, 4) is 22.4 Å². The molecule has 0 radical (unpaired) electrons. The Morgan fingerprint density at radius 3 is 1.96 bits per heavy atom. The van der Waals surface area contributed by atoms with Crippen LogP contribution in [0, 0.1) is 0 Å². The van der Waals surface area contributed by atoms with Gasteiger partial charge in [-0.25, -0.2) is 4.79 Å². The standard InChI is InChI=1S/C19H18N2O2/c1-13(2)21-18(19(22)23)16(14-9-5-3-6-10-14)17(20-21)15-11-7-4-8-12-15/h3-13H,1-2H3,(H,22,23). The maximum absolute atomic E-state index is 11.9. The first kappa shape index (κ1) is 15.0. The Balaban J connectivity index is 2.36. The van der Waals surface area contributed by atoms with E-state index in [4.69, 9.17) is 0 Å². The highest BCUT2D eigenvalue weighted by atomic mass is 16.4. The molecule has 0 aliphatic rings. The van der Waals surface area contributed by atoms with Crippen molar-refractivity contribution in [1.29, 1.82) is 0 Å². The van der Waals surface area contributed by atoms with Gasteiger partial charge < -0.3 is 5.11 Å². The number of benzene rings is 2. The summed E-state index contributed by atoms with van der Waals surface area (Å²) in [5.41, 5.74) is 3.36. The molecular weight excluding hydrogens is 288 g/mol. The number of nitrogens with zero attached hydrogens (tertiary/aromatic N) is 2. The van der Waals surface area contributed by atoms with Crippen LogP contribution in [-0.4, -0.2) is 20.9 Å². The summed E-state index contributed by atoms with van der Waals surface area (Å²) in [6, 6.07) is 19.2. The van der Waals surface area contributed by atoms with E-state index in [9.17, 15) is 9.90 Å². The number of hydrogen-bond donors (Lipinski definition) is 1. The fourth-order valence-electron chi connectivity index (χ4n) is 2.69. The van der Waals surface area contributed by atoms with E-state index in [0.29, 0.717) is 11.3 Å². The summed E-state index contributed by atoms with van der Waals surface area (Å²) in [4.78, 5) is 11.9. The Kier molecular flexibility index (Phi) is 3.98. The van der Waals surface area contributed by atoms with E-state index in [0.717, 1.165) is 11.1 Å². The van der Waals surface area contributed by atoms with Gasteiger partial charge in [-0.3, -0.25) is 4.68 Å². The van der Waals surface area contributed by atoms with E-state index >= 15 is 0 Å². The van der Waals surface area contributed by atoms with Gasteiger partial charge in [0.15, 0.2) is 5.69 Å². The van der Waals surface area contributed by atoms with Crippen molar-refractivity contribution < 1.29 is 9.90 Å². The molecule has 116 valence electrons. The molecule has 2 aromatic carbocycles. The minimum absolute atomic E-state index is 0.0407. The fourth-order valence-corrected chi connectivity index (χ4v) is 2.69. The number of carbonyl (C=O) groups is 1. The first-order chi connectivity index (χ1) is 11.1. The Hall–Kier alpha value is -2.88. The third-order valence-electron chi connectivity index (χ3n) is 3.71. The highest BCUT2D eigenvalue weighted by Crippen LogP contribution is 2.35. The number of aromatic carboxylic acids is 1. The van der Waals surface area contributed by atoms with Crippen LogP contribution in [0.5, 0.6) is 0 Å². The molecule has 0 aliphatic carbocycles. The maximum atomic E-state index is 11.9. The van der Waals surface area contributed by atoms with E-state index in [1.165, 1.54) is 0 Å². The topological polar surface area (TPSA) is 55.1 Å². The van der Waals surface area contributed by atoms with Gasteiger partial charge in [-0.05, 0) is 19.4 Å². The lowest BCUT2D eigenvalue weighted by Crippen LogP contribution is -2.12. The summed E-state index contributed by atoms with van der Waals surface area (Å²) in [5, 5.41) is 14.4. The second-order valence-electron chi connectivity index (χ2n) is 5.65. The molecule has 0 amide bonds. The van der Waals surface area contributed by atoms with E-state index in [1.807, 2.05) is 74.5 Å². The predicted molar refractivity (Wildman–Crippen MR) is 90.4 cm³/mol. The molecule has 0 spiro atoms. The zero-order chi connectivity index (χ0) is 16.4. The first-order valence-electron chi connectivity index (χ1n) is 7.56. The number of aromatic nitrogens is 2. The van der Waals surface area contributed by atoms with Gasteiger partial charge in [0.05, 0.1) is 0 Å². The molecule has 0 saturated carbocycles. The number of carboxylic acid groups (broad SMARTS) is 1. The van der Waals surface area contributed by atoms with Crippen LogP contribution < -0.4 is 0 Å². The van der Waals surface area contributed by atoms with Gasteiger partial charge in [-0.1, -0.05) is 60.7 Å². The van der Waals surface area contributed by atoms with Gasteiger partial charge in [-0.2, -0.15) is 5.10 Å². The fraction of sp³-hybridized carbons (Fsp3) is 0.158. The van der Waals surface area contributed by atoms with E-state index in [1.54, 1.807) is 4.68 Å². The second kappa shape index (κ2) is 6.08. The van der Waals surface area contributed by atoms with Gasteiger partial charge in [-0.15, -0.1) is 0 Å². The molecule has 3 rings (SSSR count). The number of rotatable bonds is 4. The summed E-state index contributed by atoms with van der Waals surface area (Å²) in [6.07, 6.45) is 0. The van der Waals surface area contributed by atoms with Crippen LogP contribution in [0.4, 0.5) is 0 Å². The third kappa shape index (κ3) is 2.75. The summed E-state index contributed by atoms with van der Waals surface area (Å²) in [6.45, 7) is 3.87. The smallest absolute Gasteiger partial charge is 0.354 e. The molecule has 0 atom stereocenters. The van der Waals surface area contributed by atoms with E-state index < -0.39 is 5.97 Å². The van der Waals surface area contributed by atoms with Gasteiger partial charge >= 0.3 is 5.97 Å². The van der Waals surface area contributed by atoms with Crippen molar-refractivity contribution in [2.45, 2.75) is 19.9 Å². The number of hydrogen-bond acceptors (Lipinski definition) is 2. The van der Waals surface area contributed by atoms with Crippen molar-refractivity contribution in [3.05, 3.63) is 66.4 Å². The SMILES string of the molecule is CC(C)n1nc(-c2ccccc2)c(-c2ccccc2)c1C(=O)O. The van der Waals surface area contributed by atoms with Crippen LogP contribution in [0.3, 0.4) is 0 Å². The van der Waals surface area contributed by atoms with Gasteiger partial charge in [0.1, 0.15) is 5.69 Å². The molecule has 1 heterocycles. The Labute approximate surface area is 135 Å². The molecule has 3 aromatic rings. The number of carboxylic acids is 1. The van der Waals surface area contributed by atoms with Crippen LogP contribution in [0.2, 0.25) is 0 Å². The van der Waals surface area contributed by atoms with E-state index in [-0.39, 0.29) is 11.7 Å². The zero-order valence-electron chi connectivity index (χ0n) is 13.1. The molecule has 23 heavy (non-hydrogen) atoms. The van der Waals surface area contributed by atoms with Crippen molar-refractivity contribution in [2.75, 3.05) is 0 Å². The highest BCUT2D eigenvalue weighted by molar-refractivity contribution is 5.99. The van der Waals surface area contributed by atoms with Crippen LogP contribution in [0.15, 0.2) is 60.7 Å². The average Bonchev–Trinajstić information content (AvgIpc) is 2.97. The van der Waals surface area contributed by atoms with Gasteiger partial charge in [0.25, 0.3) is 0 Å². The Morgan fingerprint density at radius 2 is 1.48 bits per heavy atom. The lowest BCUT2D eigenvalue weighted by molar-refractivity contribution is 0.0682. The molecule has 0 bridgehead atoms. The Morgan fingerprint density at radius 1 is 0.957 bits per heavy atom. The van der Waals surface area contributed by atoms with Gasteiger partial charge in [0.2, 0.25) is 0 Å². The predicted octanol–water partition coefficient (Wildman–Crippen LogP) is 4.50. The monoisotopic (exact) mass is 306 g/mol. The van der Waals surface area contributed by atoms with Crippen LogP contribution in [0.1, 0.15) is 30.4 Å². The molecule has 0 fully saturated rings. The molecule has 4 heteroatoms. The van der Waals surface area contributed by atoms with Crippen LogP contribution >= 0.6 is 0 Å². The minimum atomic E-state index is -0.966. The molecule has 0 aliphatic heterocycles. The van der Waals surface area contributed by atoms with Crippen molar-refractivity contribution in [3.63, 3.8) is 0 Å². The normalized spacial score (nSPS) is 10.9. The molecule has 0 unspecified atom stereocenters. The van der Waals surface area contributed by atoms with Crippen LogP contribution in [-0.2, 0) is 0 Å². The molecular formula is C19H18N2O2. The maximum Gasteiger partial charge on any atom is 0.354 e. The average molecular weight is 306 g/mol. The second-order valence-corrected chi connectivity index (χ2v) is 5.65. The van der Waals surface area contributed by atoms with Gasteiger partial charge in [0, 0.05) is 17.2 Å². The molecule has 0 saturated heterocycles. The molecule has 1 N–H and O–H groups in total. The summed E-state index contributed by atoms with van der Waals surface area (Å²) < 4.78 is 1.59. The largest absolute Gasteiger partial charge is 0.477 e. The Bertz CT molecular complexity index is 821. The molecule has 1 aromatic heterocycles. The van der Waals surface area contributed by atoms with Crippen molar-refractivity contribution in [2.24, 2.45) is 0 Å². The third-order valence-corrected chi connectivity index (χ3v) is 3.71. The summed E-state index contributed by atoms with van der Waals surface area (Å²) >= 11 is 0. The summed E-state index contributed by atoms with van der Waals surface area (Å²) in [7, 11) is 0. The highest BCUT2D eigenvalue weighted by Gasteiger charge is 2.26. The zero-order valence-corrected chi connectivity index (χ0v) is 13.1. The lowest BCUT2D eigenvalue weighted by atomic mass is 9.99. The quantitative estimate of drug-likeness (QED) is 0.772. The minimum Gasteiger partial charge on any atom is -0.477 e. The first-order valence-corrected chi connectivity index (χ1v) is 7.56. The lowest BCUT2D eigenvalue weighted by Gasteiger charge is -2.09.